The highest BCUT2D eigenvalue weighted by molar-refractivity contribution is 7.86. The van der Waals surface area contributed by atoms with Gasteiger partial charge >= 0.3 is 0 Å². The molecule has 0 bridgehead atoms. The summed E-state index contributed by atoms with van der Waals surface area (Å²) in [4.78, 5) is 13.6. The van der Waals surface area contributed by atoms with Gasteiger partial charge in [0.15, 0.2) is 17.0 Å². The summed E-state index contributed by atoms with van der Waals surface area (Å²) in [7, 11) is -3.72. The van der Waals surface area contributed by atoms with Crippen LogP contribution in [0.4, 0.5) is 11.8 Å². The number of hydrogen-bond donors (Lipinski definition) is 4. The average molecular weight is 441 g/mol. The molecule has 2 aliphatic heterocycles. The molecule has 5 N–H and O–H groups in total. The van der Waals surface area contributed by atoms with Crippen molar-refractivity contribution in [1.29, 1.82) is 0 Å². The van der Waals surface area contributed by atoms with Gasteiger partial charge in [0.05, 0.1) is 25.1 Å². The van der Waals surface area contributed by atoms with Crippen molar-refractivity contribution in [3.8, 4) is 0 Å². The summed E-state index contributed by atoms with van der Waals surface area (Å²) in [5.74, 6) is 0.871. The number of anilines is 2. The first-order chi connectivity index (χ1) is 14.4. The molecule has 30 heavy (non-hydrogen) atoms. The molecule has 2 aromatic heterocycles. The highest BCUT2D eigenvalue weighted by atomic mass is 32.2. The van der Waals surface area contributed by atoms with Crippen molar-refractivity contribution >= 4 is 33.1 Å². The van der Waals surface area contributed by atoms with E-state index in [9.17, 15) is 13.5 Å². The van der Waals surface area contributed by atoms with Crippen molar-refractivity contribution in [1.82, 2.24) is 23.8 Å². The molecule has 2 aromatic rings. The van der Waals surface area contributed by atoms with Gasteiger partial charge in [-0.2, -0.15) is 22.7 Å². The van der Waals surface area contributed by atoms with Gasteiger partial charge in [0.25, 0.3) is 10.2 Å². The zero-order chi connectivity index (χ0) is 21.3. The number of aliphatic hydroxyl groups is 1. The lowest BCUT2D eigenvalue weighted by molar-refractivity contribution is 0.0755. The van der Waals surface area contributed by atoms with Crippen molar-refractivity contribution in [3.63, 3.8) is 0 Å². The van der Waals surface area contributed by atoms with Gasteiger partial charge in [-0.25, -0.2) is 10.1 Å². The van der Waals surface area contributed by atoms with Crippen LogP contribution in [0.5, 0.6) is 0 Å². The zero-order valence-corrected chi connectivity index (χ0v) is 17.7. The number of hydrogen-bond acceptors (Lipinski definition) is 9. The van der Waals surface area contributed by atoms with Gasteiger partial charge in [-0.15, -0.1) is 0 Å². The Morgan fingerprint density at radius 3 is 2.87 bits per heavy atom. The molecule has 4 heterocycles. The van der Waals surface area contributed by atoms with E-state index in [1.807, 2.05) is 11.5 Å². The van der Waals surface area contributed by atoms with Gasteiger partial charge in [0.2, 0.25) is 5.95 Å². The molecule has 0 amide bonds. The second kappa shape index (κ2) is 8.59. The van der Waals surface area contributed by atoms with Crippen molar-refractivity contribution in [2.45, 2.75) is 50.9 Å². The lowest BCUT2D eigenvalue weighted by Crippen LogP contribution is -2.37. The van der Waals surface area contributed by atoms with Crippen LogP contribution < -0.4 is 15.8 Å². The van der Waals surface area contributed by atoms with E-state index in [4.69, 9.17) is 9.88 Å². The van der Waals surface area contributed by atoms with Crippen molar-refractivity contribution in [2.75, 3.05) is 36.9 Å². The smallest absolute Gasteiger partial charge is 0.276 e. The number of aryl methyl sites for hydroxylation is 1. The molecule has 13 heteroatoms. The van der Waals surface area contributed by atoms with E-state index in [0.717, 1.165) is 12.8 Å². The van der Waals surface area contributed by atoms with E-state index >= 15 is 0 Å². The Hall–Kier alpha value is -2.06. The van der Waals surface area contributed by atoms with Gasteiger partial charge < -0.3 is 25.0 Å². The van der Waals surface area contributed by atoms with E-state index in [1.54, 1.807) is 6.33 Å². The molecule has 3 unspecified atom stereocenters. The van der Waals surface area contributed by atoms with Crippen LogP contribution in [-0.4, -0.2) is 81.8 Å². The van der Waals surface area contributed by atoms with Crippen LogP contribution >= 0.6 is 0 Å². The first-order valence-corrected chi connectivity index (χ1v) is 11.7. The van der Waals surface area contributed by atoms with Crippen molar-refractivity contribution < 1.29 is 18.3 Å². The summed E-state index contributed by atoms with van der Waals surface area (Å²) < 4.78 is 32.1. The van der Waals surface area contributed by atoms with Crippen LogP contribution in [0.25, 0.3) is 11.2 Å². The molecule has 2 saturated heterocycles. The summed E-state index contributed by atoms with van der Waals surface area (Å²) >= 11 is 0. The van der Waals surface area contributed by atoms with Gasteiger partial charge in [-0.05, 0) is 26.2 Å². The van der Waals surface area contributed by atoms with Crippen LogP contribution in [-0.2, 0) is 21.5 Å². The Morgan fingerprint density at radius 2 is 2.23 bits per heavy atom. The minimum Gasteiger partial charge on any atom is -0.394 e. The number of ether oxygens (including phenoxy) is 1. The maximum absolute atomic E-state index is 11.6. The summed E-state index contributed by atoms with van der Waals surface area (Å²) in [6, 6.07) is -0.465. The largest absolute Gasteiger partial charge is 0.394 e. The summed E-state index contributed by atoms with van der Waals surface area (Å²) in [6.07, 6.45) is 4.03. The maximum Gasteiger partial charge on any atom is 0.276 e. The van der Waals surface area contributed by atoms with Gasteiger partial charge in [-0.3, -0.25) is 0 Å². The first kappa shape index (κ1) is 21.2. The Morgan fingerprint density at radius 1 is 1.40 bits per heavy atom. The second-order valence-electron chi connectivity index (χ2n) is 7.62. The van der Waals surface area contributed by atoms with Crippen LogP contribution in [0, 0.1) is 0 Å². The van der Waals surface area contributed by atoms with Crippen LogP contribution in [0.1, 0.15) is 26.2 Å². The molecule has 2 aliphatic rings. The highest BCUT2D eigenvalue weighted by Crippen LogP contribution is 2.25. The fourth-order valence-corrected chi connectivity index (χ4v) is 4.70. The Labute approximate surface area is 175 Å². The number of aliphatic hydroxyl groups excluding tert-OH is 1. The molecule has 12 nitrogen and oxygen atoms in total. The van der Waals surface area contributed by atoms with E-state index in [2.05, 4.69) is 25.6 Å². The number of fused-ring (bicyclic) bond motifs is 1. The molecular weight excluding hydrogens is 412 g/mol. The average Bonchev–Trinajstić information content (AvgIpc) is 3.45. The Kier molecular flexibility index (Phi) is 6.06. The summed E-state index contributed by atoms with van der Waals surface area (Å²) in [5, 5.41) is 21.6. The molecular formula is C17H28N8O4S. The third-order valence-corrected chi connectivity index (χ3v) is 6.63. The standard InChI is InChI=1S/C17H28N8O4S/c1-2-24-10-19-14-15(20-11-5-6-25(8-11)30(18,27)28)22-17(23-16(14)24)21-12(9-26)13-4-3-7-29-13/h10-13,26H,2-9H2,1H3,(H2,18,27,28)(H2,20,21,22,23). The normalized spacial score (nSPS) is 23.8. The van der Waals surface area contributed by atoms with Crippen LogP contribution in [0.15, 0.2) is 6.33 Å². The number of nitrogens with one attached hydrogen (secondary N) is 2. The SMILES string of the molecule is CCn1cnc2c(NC3CCN(S(N)(=O)=O)C3)nc(NC(CO)C3CCCO3)nc21. The summed E-state index contributed by atoms with van der Waals surface area (Å²) in [5.41, 5.74) is 1.26. The molecule has 0 aromatic carbocycles. The Bertz CT molecular complexity index is 991. The maximum atomic E-state index is 11.6. The summed E-state index contributed by atoms with van der Waals surface area (Å²) in [6.45, 7) is 3.87. The number of imidazole rings is 1. The fraction of sp³-hybridized carbons (Fsp3) is 0.706. The zero-order valence-electron chi connectivity index (χ0n) is 16.9. The molecule has 4 rings (SSSR count). The fourth-order valence-electron chi connectivity index (χ4n) is 3.95. The number of aromatic nitrogens is 4. The molecule has 2 fully saturated rings. The molecule has 0 spiro atoms. The van der Waals surface area contributed by atoms with Crippen LogP contribution in [0.2, 0.25) is 0 Å². The second-order valence-corrected chi connectivity index (χ2v) is 9.16. The topological polar surface area (TPSA) is 161 Å². The lowest BCUT2D eigenvalue weighted by atomic mass is 10.1. The minimum absolute atomic E-state index is 0.0973. The molecule has 0 aliphatic carbocycles. The minimum atomic E-state index is -3.72. The number of nitrogens with two attached hydrogens (primary N) is 1. The lowest BCUT2D eigenvalue weighted by Gasteiger charge is -2.22. The quantitative estimate of drug-likeness (QED) is 0.424. The molecule has 0 saturated carbocycles. The predicted molar refractivity (Wildman–Crippen MR) is 111 cm³/mol. The number of nitrogens with zero attached hydrogens (tertiary/aromatic N) is 5. The number of rotatable bonds is 8. The molecule has 166 valence electrons. The van der Waals surface area contributed by atoms with E-state index in [1.165, 1.54) is 4.31 Å². The predicted octanol–water partition coefficient (Wildman–Crippen LogP) is -0.512. The van der Waals surface area contributed by atoms with Gasteiger partial charge in [0.1, 0.15) is 0 Å². The highest BCUT2D eigenvalue weighted by Gasteiger charge is 2.31. The Balaban J connectivity index is 1.61. The van der Waals surface area contributed by atoms with Gasteiger partial charge in [0, 0.05) is 32.3 Å². The van der Waals surface area contributed by atoms with E-state index in [-0.39, 0.29) is 31.3 Å². The van der Waals surface area contributed by atoms with Gasteiger partial charge in [-0.1, -0.05) is 0 Å². The molecule has 0 radical (unpaired) electrons. The monoisotopic (exact) mass is 440 g/mol. The first-order valence-electron chi connectivity index (χ1n) is 10.1. The van der Waals surface area contributed by atoms with Crippen LogP contribution in [0.3, 0.4) is 0 Å². The van der Waals surface area contributed by atoms with E-state index in [0.29, 0.717) is 49.0 Å². The van der Waals surface area contributed by atoms with Crippen molar-refractivity contribution in [2.24, 2.45) is 5.14 Å². The third-order valence-electron chi connectivity index (χ3n) is 5.58. The van der Waals surface area contributed by atoms with Crippen molar-refractivity contribution in [3.05, 3.63) is 6.33 Å². The molecule has 3 atom stereocenters. The third kappa shape index (κ3) is 4.34. The van der Waals surface area contributed by atoms with E-state index < -0.39 is 10.2 Å².